The molecule has 2 heteroatoms. The highest BCUT2D eigenvalue weighted by atomic mass is 14.8. The topological polar surface area (TPSA) is 25.8 Å². The average Bonchev–Trinajstić information content (AvgIpc) is 1.72. The van der Waals surface area contributed by atoms with E-state index in [1.807, 2.05) is 0 Å². The van der Waals surface area contributed by atoms with E-state index < -0.39 is 0 Å². The van der Waals surface area contributed by atoms with Crippen LogP contribution in [0.25, 0.3) is 0 Å². The molecule has 1 aromatic rings. The Morgan fingerprint density at radius 2 is 2.00 bits per heavy atom. The molecule has 0 aromatic carbocycles. The van der Waals surface area contributed by atoms with Gasteiger partial charge in [-0.05, 0) is 0 Å². The number of hydrogen-bond acceptors (Lipinski definition) is 2. The molecule has 0 saturated carbocycles. The summed E-state index contributed by atoms with van der Waals surface area (Å²) in [6, 6.07) is 2.67. The van der Waals surface area contributed by atoms with Crippen molar-refractivity contribution in [3.63, 3.8) is 0 Å². The van der Waals surface area contributed by atoms with Gasteiger partial charge in [-0.15, -0.1) is 0 Å². The van der Waals surface area contributed by atoms with Crippen LogP contribution in [0, 0.1) is 6.07 Å². The van der Waals surface area contributed by atoms with Crippen molar-refractivity contribution in [3.05, 3.63) is 24.8 Å². The van der Waals surface area contributed by atoms with Gasteiger partial charge in [-0.25, -0.2) is 9.97 Å². The van der Waals surface area contributed by atoms with Gasteiger partial charge in [-0.2, -0.15) is 0 Å². The van der Waals surface area contributed by atoms with E-state index in [1.54, 1.807) is 12.4 Å². The number of hydrogen-bond donors (Lipinski definition) is 0. The minimum Gasteiger partial charge on any atom is -0.244 e. The summed E-state index contributed by atoms with van der Waals surface area (Å²) in [5.41, 5.74) is 0. The van der Waals surface area contributed by atoms with Gasteiger partial charge in [-0.3, -0.25) is 0 Å². The first-order valence-electron chi connectivity index (χ1n) is 1.61. The van der Waals surface area contributed by atoms with Crippen molar-refractivity contribution in [2.45, 2.75) is 0 Å². The predicted molar refractivity (Wildman–Crippen MR) is 22.0 cm³/mol. The van der Waals surface area contributed by atoms with Crippen LogP contribution in [0.15, 0.2) is 18.7 Å². The summed E-state index contributed by atoms with van der Waals surface area (Å²) < 4.78 is 0. The highest BCUT2D eigenvalue weighted by Gasteiger charge is 1.60. The molecule has 0 atom stereocenters. The third-order valence-electron chi connectivity index (χ3n) is 0.431. The standard InChI is InChI=1S/C4H3N2/c1-2-5-4-6-3-1/h2-4H/p+1. The number of nitrogens with zero attached hydrogens (tertiary/aromatic N) is 2. The maximum absolute atomic E-state index is 3.62. The van der Waals surface area contributed by atoms with E-state index in [4.69, 9.17) is 0 Å². The lowest BCUT2D eigenvalue weighted by molar-refractivity contribution is 1.16. The van der Waals surface area contributed by atoms with Crippen molar-refractivity contribution in [3.8, 4) is 0 Å². The second-order valence-corrected chi connectivity index (χ2v) is 0.838. The van der Waals surface area contributed by atoms with Crippen LogP contribution in [-0.4, -0.2) is 9.97 Å². The molecule has 0 amide bonds. The molecule has 0 aliphatic rings. The maximum atomic E-state index is 3.62. The van der Waals surface area contributed by atoms with Gasteiger partial charge in [0.25, 0.3) is 0 Å². The quantitative estimate of drug-likeness (QED) is 0.450. The van der Waals surface area contributed by atoms with Crippen LogP contribution in [0.5, 0.6) is 0 Å². The van der Waals surface area contributed by atoms with Crippen LogP contribution in [-0.2, 0) is 0 Å². The zero-order chi connectivity index (χ0) is 4.24. The summed E-state index contributed by atoms with van der Waals surface area (Å²) in [6.07, 6.45) is 4.59. The second-order valence-electron chi connectivity index (χ2n) is 0.838. The van der Waals surface area contributed by atoms with Crippen LogP contribution in [0.2, 0.25) is 0 Å². The Balaban J connectivity index is 0.000000360. The molecule has 6 heavy (non-hydrogen) atoms. The third kappa shape index (κ3) is 0.516. The highest BCUT2D eigenvalue weighted by molar-refractivity contribution is 4.71. The van der Waals surface area contributed by atoms with Crippen molar-refractivity contribution in [2.24, 2.45) is 0 Å². The normalized spacial score (nSPS) is 8.00. The maximum Gasteiger partial charge on any atom is 1.00 e. The van der Waals surface area contributed by atoms with E-state index in [9.17, 15) is 0 Å². The first-order chi connectivity index (χ1) is 3.00. The fraction of sp³-hybridized carbons (Fsp3) is 0. The van der Waals surface area contributed by atoms with Crippen molar-refractivity contribution in [1.29, 1.82) is 0 Å². The van der Waals surface area contributed by atoms with Gasteiger partial charge in [0.05, 0.1) is 0 Å². The van der Waals surface area contributed by atoms with Crippen molar-refractivity contribution >= 4 is 0 Å². The lowest BCUT2D eigenvalue weighted by Crippen LogP contribution is -1.67. The molecule has 0 spiro atoms. The highest BCUT2D eigenvalue weighted by Crippen LogP contribution is 1.64. The predicted octanol–water partition coefficient (Wildman–Crippen LogP) is 0.389. The molecule has 1 rings (SSSR count). The zero-order valence-electron chi connectivity index (χ0n) is 4.13. The number of aromatic nitrogens is 2. The summed E-state index contributed by atoms with van der Waals surface area (Å²) in [7, 11) is 0. The van der Waals surface area contributed by atoms with Gasteiger partial charge in [0, 0.05) is 18.5 Å². The fourth-order valence-electron chi connectivity index (χ4n) is 0.225. The Morgan fingerprint density at radius 3 is 2.17 bits per heavy atom. The van der Waals surface area contributed by atoms with Crippen LogP contribution in [0.3, 0.4) is 0 Å². The molecule has 0 N–H and O–H groups in total. The summed E-state index contributed by atoms with van der Waals surface area (Å²) in [5.74, 6) is 0. The summed E-state index contributed by atoms with van der Waals surface area (Å²) in [6.45, 7) is 0. The molecule has 0 bridgehead atoms. The molecular formula is C4H4N2+. The first-order valence-corrected chi connectivity index (χ1v) is 1.61. The number of rotatable bonds is 0. The van der Waals surface area contributed by atoms with Gasteiger partial charge in [0.2, 0.25) is 0 Å². The largest absolute Gasteiger partial charge is 1.00 e. The van der Waals surface area contributed by atoms with E-state index in [0.717, 1.165) is 0 Å². The minimum atomic E-state index is 0. The zero-order valence-corrected chi connectivity index (χ0v) is 3.13. The Morgan fingerprint density at radius 1 is 1.33 bits per heavy atom. The Kier molecular flexibility index (Phi) is 0.819. The molecule has 2 nitrogen and oxygen atoms in total. The van der Waals surface area contributed by atoms with E-state index in [2.05, 4.69) is 16.0 Å². The Hall–Kier alpha value is -0.920. The van der Waals surface area contributed by atoms with Crippen molar-refractivity contribution in [1.82, 2.24) is 9.97 Å². The van der Waals surface area contributed by atoms with Crippen molar-refractivity contribution in [2.75, 3.05) is 0 Å². The molecule has 29 valence electrons. The summed E-state index contributed by atoms with van der Waals surface area (Å²) in [4.78, 5) is 7.24. The smallest absolute Gasteiger partial charge is 0.244 e. The first kappa shape index (κ1) is 3.28. The lowest BCUT2D eigenvalue weighted by atomic mass is 10.7. The van der Waals surface area contributed by atoms with Gasteiger partial charge in [0.15, 0.2) is 0 Å². The molecule has 0 aliphatic carbocycles. The molecular weight excluding hydrogens is 76.1 g/mol. The lowest BCUT2D eigenvalue weighted by Gasteiger charge is -1.69. The molecule has 0 aliphatic heterocycles. The van der Waals surface area contributed by atoms with E-state index in [0.29, 0.717) is 0 Å². The van der Waals surface area contributed by atoms with Gasteiger partial charge in [0.1, 0.15) is 6.33 Å². The van der Waals surface area contributed by atoms with Gasteiger partial charge in [-0.1, -0.05) is 0 Å². The second kappa shape index (κ2) is 1.50. The fourth-order valence-corrected chi connectivity index (χ4v) is 0.225. The summed E-state index contributed by atoms with van der Waals surface area (Å²) in [5, 5.41) is 0. The van der Waals surface area contributed by atoms with E-state index in [-0.39, 0.29) is 1.43 Å². The van der Waals surface area contributed by atoms with Crippen LogP contribution < -0.4 is 0 Å². The monoisotopic (exact) mass is 80.0 g/mol. The molecule has 1 heterocycles. The van der Waals surface area contributed by atoms with Gasteiger partial charge >= 0.3 is 1.43 Å². The van der Waals surface area contributed by atoms with Crippen LogP contribution >= 0.6 is 0 Å². The molecule has 0 unspecified atom stereocenters. The van der Waals surface area contributed by atoms with E-state index >= 15 is 0 Å². The molecule has 0 saturated heterocycles. The third-order valence-corrected chi connectivity index (χ3v) is 0.431. The van der Waals surface area contributed by atoms with E-state index in [1.165, 1.54) is 6.33 Å². The van der Waals surface area contributed by atoms with Crippen molar-refractivity contribution < 1.29 is 1.43 Å². The SMILES string of the molecule is [H+].[c]1cncnc1. The molecule has 0 fully saturated rings. The Labute approximate surface area is 37.4 Å². The minimum absolute atomic E-state index is 0. The van der Waals surface area contributed by atoms with Crippen LogP contribution in [0.1, 0.15) is 1.43 Å². The van der Waals surface area contributed by atoms with Gasteiger partial charge < -0.3 is 0 Å². The van der Waals surface area contributed by atoms with Crippen LogP contribution in [0.4, 0.5) is 0 Å². The molecule has 1 radical (unpaired) electrons. The average molecular weight is 80.1 g/mol. The molecule has 1 aromatic heterocycles. The Bertz CT molecular complexity index is 81.6. The summed E-state index contributed by atoms with van der Waals surface area (Å²) >= 11 is 0.